The standard InChI is InChI=1S/C14H14BrFN2/c1-3-18(12-6-4-11(16)5-7-12)14-8-10(2)13(15)9-17-14/h4-9H,3H2,1-2H3. The smallest absolute Gasteiger partial charge is 0.133 e. The molecule has 1 heterocycles. The van der Waals surface area contributed by atoms with Crippen LogP contribution in [0.15, 0.2) is 41.0 Å². The summed E-state index contributed by atoms with van der Waals surface area (Å²) in [6, 6.07) is 8.46. The molecule has 0 aliphatic rings. The first-order chi connectivity index (χ1) is 8.61. The summed E-state index contributed by atoms with van der Waals surface area (Å²) >= 11 is 3.44. The Kier molecular flexibility index (Phi) is 3.97. The first-order valence-electron chi connectivity index (χ1n) is 5.77. The van der Waals surface area contributed by atoms with Gasteiger partial charge in [0.05, 0.1) is 0 Å². The Bertz CT molecular complexity index is 540. The van der Waals surface area contributed by atoms with E-state index in [4.69, 9.17) is 0 Å². The van der Waals surface area contributed by atoms with E-state index >= 15 is 0 Å². The van der Waals surface area contributed by atoms with Crippen LogP contribution in [0.25, 0.3) is 0 Å². The van der Waals surface area contributed by atoms with Gasteiger partial charge in [-0.05, 0) is 65.7 Å². The quantitative estimate of drug-likeness (QED) is 0.833. The molecule has 0 N–H and O–H groups in total. The van der Waals surface area contributed by atoms with E-state index in [1.165, 1.54) is 12.1 Å². The van der Waals surface area contributed by atoms with Crippen LogP contribution in [0.5, 0.6) is 0 Å². The lowest BCUT2D eigenvalue weighted by Crippen LogP contribution is -2.17. The van der Waals surface area contributed by atoms with Crippen LogP contribution in [0, 0.1) is 12.7 Å². The zero-order valence-corrected chi connectivity index (χ0v) is 11.9. The minimum atomic E-state index is -0.227. The maximum absolute atomic E-state index is 12.9. The molecular formula is C14H14BrFN2. The van der Waals surface area contributed by atoms with Gasteiger partial charge in [-0.1, -0.05) is 0 Å². The Morgan fingerprint density at radius 1 is 1.28 bits per heavy atom. The van der Waals surface area contributed by atoms with Crippen molar-refractivity contribution in [2.24, 2.45) is 0 Å². The molecule has 1 aromatic carbocycles. The van der Waals surface area contributed by atoms with Crippen molar-refractivity contribution in [3.05, 3.63) is 52.4 Å². The Labute approximate surface area is 115 Å². The van der Waals surface area contributed by atoms with Crippen LogP contribution in [0.2, 0.25) is 0 Å². The minimum absolute atomic E-state index is 0.227. The van der Waals surface area contributed by atoms with Crippen molar-refractivity contribution in [1.29, 1.82) is 0 Å². The third-order valence-corrected chi connectivity index (χ3v) is 3.59. The van der Waals surface area contributed by atoms with Crippen LogP contribution in [-0.2, 0) is 0 Å². The van der Waals surface area contributed by atoms with Gasteiger partial charge in [-0.2, -0.15) is 0 Å². The van der Waals surface area contributed by atoms with Crippen LogP contribution < -0.4 is 4.90 Å². The van der Waals surface area contributed by atoms with Crippen LogP contribution >= 0.6 is 15.9 Å². The summed E-state index contributed by atoms with van der Waals surface area (Å²) in [5, 5.41) is 0. The molecule has 0 aliphatic heterocycles. The van der Waals surface area contributed by atoms with Crippen molar-refractivity contribution in [3.8, 4) is 0 Å². The van der Waals surface area contributed by atoms with Crippen LogP contribution in [0.4, 0.5) is 15.9 Å². The number of hydrogen-bond donors (Lipinski definition) is 0. The van der Waals surface area contributed by atoms with Gasteiger partial charge < -0.3 is 4.90 Å². The average molecular weight is 309 g/mol. The van der Waals surface area contributed by atoms with Gasteiger partial charge in [0.15, 0.2) is 0 Å². The highest BCUT2D eigenvalue weighted by Gasteiger charge is 2.09. The number of hydrogen-bond acceptors (Lipinski definition) is 2. The van der Waals surface area contributed by atoms with E-state index < -0.39 is 0 Å². The van der Waals surface area contributed by atoms with E-state index in [-0.39, 0.29) is 5.82 Å². The fourth-order valence-corrected chi connectivity index (χ4v) is 1.99. The van der Waals surface area contributed by atoms with Crippen molar-refractivity contribution in [3.63, 3.8) is 0 Å². The molecule has 1 aromatic heterocycles. The number of rotatable bonds is 3. The van der Waals surface area contributed by atoms with E-state index in [0.717, 1.165) is 28.1 Å². The molecule has 94 valence electrons. The number of nitrogens with zero attached hydrogens (tertiary/aromatic N) is 2. The summed E-state index contributed by atoms with van der Waals surface area (Å²) in [4.78, 5) is 6.43. The van der Waals surface area contributed by atoms with E-state index in [0.29, 0.717) is 0 Å². The van der Waals surface area contributed by atoms with Gasteiger partial charge in [-0.25, -0.2) is 9.37 Å². The average Bonchev–Trinajstić information content (AvgIpc) is 2.37. The van der Waals surface area contributed by atoms with Crippen LogP contribution in [0.3, 0.4) is 0 Å². The number of aryl methyl sites for hydroxylation is 1. The maximum Gasteiger partial charge on any atom is 0.133 e. The van der Waals surface area contributed by atoms with E-state index in [2.05, 4.69) is 20.9 Å². The molecule has 0 saturated heterocycles. The molecular weight excluding hydrogens is 295 g/mol. The van der Waals surface area contributed by atoms with Crippen LogP contribution in [-0.4, -0.2) is 11.5 Å². The fourth-order valence-electron chi connectivity index (χ4n) is 1.77. The first-order valence-corrected chi connectivity index (χ1v) is 6.56. The van der Waals surface area contributed by atoms with Gasteiger partial charge >= 0.3 is 0 Å². The molecule has 2 rings (SSSR count). The summed E-state index contributed by atoms with van der Waals surface area (Å²) in [5.41, 5.74) is 2.06. The van der Waals surface area contributed by atoms with Gasteiger partial charge in [0.1, 0.15) is 11.6 Å². The third-order valence-electron chi connectivity index (χ3n) is 2.76. The van der Waals surface area contributed by atoms with Crippen molar-refractivity contribution in [2.45, 2.75) is 13.8 Å². The van der Waals surface area contributed by atoms with Crippen molar-refractivity contribution >= 4 is 27.4 Å². The molecule has 0 atom stereocenters. The summed E-state index contributed by atoms with van der Waals surface area (Å²) in [5.74, 6) is 0.638. The predicted molar refractivity (Wildman–Crippen MR) is 75.8 cm³/mol. The lowest BCUT2D eigenvalue weighted by molar-refractivity contribution is 0.628. The van der Waals surface area contributed by atoms with Crippen molar-refractivity contribution in [1.82, 2.24) is 4.98 Å². The number of halogens is 2. The second-order valence-electron chi connectivity index (χ2n) is 4.01. The normalized spacial score (nSPS) is 10.4. The third kappa shape index (κ3) is 2.70. The zero-order chi connectivity index (χ0) is 13.1. The van der Waals surface area contributed by atoms with Gasteiger partial charge in [0.25, 0.3) is 0 Å². The second kappa shape index (κ2) is 5.48. The Hall–Kier alpha value is -1.42. The molecule has 2 aromatic rings. The number of pyridine rings is 1. The van der Waals surface area contributed by atoms with Gasteiger partial charge in [-0.3, -0.25) is 0 Å². The summed E-state index contributed by atoms with van der Waals surface area (Å²) in [6.45, 7) is 4.84. The van der Waals surface area contributed by atoms with Crippen LogP contribution in [0.1, 0.15) is 12.5 Å². The number of anilines is 2. The number of aromatic nitrogens is 1. The van der Waals surface area contributed by atoms with Crippen molar-refractivity contribution in [2.75, 3.05) is 11.4 Å². The predicted octanol–water partition coefficient (Wildman–Crippen LogP) is 4.45. The number of benzene rings is 1. The highest BCUT2D eigenvalue weighted by Crippen LogP contribution is 2.26. The fraction of sp³-hybridized carbons (Fsp3) is 0.214. The first kappa shape index (κ1) is 13.0. The molecule has 0 saturated carbocycles. The van der Waals surface area contributed by atoms with Gasteiger partial charge in [0.2, 0.25) is 0 Å². The lowest BCUT2D eigenvalue weighted by Gasteiger charge is -2.22. The molecule has 0 fully saturated rings. The zero-order valence-electron chi connectivity index (χ0n) is 10.3. The molecule has 4 heteroatoms. The molecule has 0 bridgehead atoms. The Balaban J connectivity index is 2.38. The topological polar surface area (TPSA) is 16.1 Å². The minimum Gasteiger partial charge on any atom is -0.327 e. The van der Waals surface area contributed by atoms with E-state index in [9.17, 15) is 4.39 Å². The largest absolute Gasteiger partial charge is 0.327 e. The van der Waals surface area contributed by atoms with Gasteiger partial charge in [-0.15, -0.1) is 0 Å². The molecule has 0 spiro atoms. The highest BCUT2D eigenvalue weighted by molar-refractivity contribution is 9.10. The lowest BCUT2D eigenvalue weighted by atomic mass is 10.2. The van der Waals surface area contributed by atoms with Gasteiger partial charge in [0, 0.05) is 22.9 Å². The Morgan fingerprint density at radius 3 is 2.50 bits per heavy atom. The van der Waals surface area contributed by atoms with E-state index in [1.807, 2.05) is 24.8 Å². The molecule has 2 nitrogen and oxygen atoms in total. The molecule has 0 unspecified atom stereocenters. The second-order valence-corrected chi connectivity index (χ2v) is 4.87. The molecule has 0 radical (unpaired) electrons. The molecule has 0 aliphatic carbocycles. The maximum atomic E-state index is 12.9. The van der Waals surface area contributed by atoms with E-state index in [1.54, 1.807) is 18.3 Å². The monoisotopic (exact) mass is 308 g/mol. The molecule has 0 amide bonds. The summed E-state index contributed by atoms with van der Waals surface area (Å²) in [7, 11) is 0. The SMILES string of the molecule is CCN(c1ccc(F)cc1)c1cc(C)c(Br)cn1. The summed E-state index contributed by atoms with van der Waals surface area (Å²) in [6.07, 6.45) is 1.79. The molecule has 18 heavy (non-hydrogen) atoms. The highest BCUT2D eigenvalue weighted by atomic mass is 79.9. The Morgan fingerprint density at radius 2 is 1.94 bits per heavy atom. The summed E-state index contributed by atoms with van der Waals surface area (Å²) < 4.78 is 13.9. The van der Waals surface area contributed by atoms with Crippen molar-refractivity contribution < 1.29 is 4.39 Å².